The predicted molar refractivity (Wildman–Crippen MR) is 132 cm³/mol. The van der Waals surface area contributed by atoms with Crippen LogP contribution in [0.25, 0.3) is 16.6 Å². The van der Waals surface area contributed by atoms with Gasteiger partial charge in [0.15, 0.2) is 0 Å². The van der Waals surface area contributed by atoms with E-state index in [9.17, 15) is 9.90 Å². The van der Waals surface area contributed by atoms with Crippen molar-refractivity contribution in [1.29, 1.82) is 0 Å². The summed E-state index contributed by atoms with van der Waals surface area (Å²) in [7, 11) is 0. The number of nitrogens with one attached hydrogen (secondary N) is 2. The third-order valence-electron chi connectivity index (χ3n) is 6.76. The molecule has 0 atom stereocenters. The molecule has 0 unspecified atom stereocenters. The number of aromatic nitrogens is 3. The van der Waals surface area contributed by atoms with Gasteiger partial charge in [-0.05, 0) is 60.7 Å². The summed E-state index contributed by atoms with van der Waals surface area (Å²) in [5.74, 6) is 0.595. The Bertz CT molecular complexity index is 1390. The lowest BCUT2D eigenvalue weighted by molar-refractivity contribution is 0.0966. The number of rotatable bonds is 4. The molecule has 0 aliphatic carbocycles. The number of piperidine rings is 1. The molecule has 1 fully saturated rings. The first-order valence-electron chi connectivity index (χ1n) is 11.6. The van der Waals surface area contributed by atoms with Crippen LogP contribution in [0.3, 0.4) is 0 Å². The molecule has 0 saturated carbocycles. The minimum Gasteiger partial charge on any atom is -0.393 e. The normalized spacial score (nSPS) is 16.1. The predicted octanol–water partition coefficient (Wildman–Crippen LogP) is 3.65. The number of hydrogen-bond donors (Lipinski definition) is 3. The molecule has 8 nitrogen and oxygen atoms in total. The van der Waals surface area contributed by atoms with E-state index in [0.717, 1.165) is 65.1 Å². The van der Waals surface area contributed by atoms with Gasteiger partial charge in [-0.3, -0.25) is 4.79 Å². The molecule has 0 radical (unpaired) electrons. The quantitative estimate of drug-likeness (QED) is 0.436. The SMILES string of the molecule is Cc1ccc2c(-c3ccc(Nc4ccc(N5CCC(O)CC5)cn4)c4c3CNC4=O)cnn2c1. The lowest BCUT2D eigenvalue weighted by atomic mass is 9.96. The second kappa shape index (κ2) is 8.14. The van der Waals surface area contributed by atoms with Crippen LogP contribution in [0.1, 0.15) is 34.3 Å². The number of fused-ring (bicyclic) bond motifs is 2. The van der Waals surface area contributed by atoms with Crippen LogP contribution in [0.15, 0.2) is 55.0 Å². The van der Waals surface area contributed by atoms with Crippen molar-refractivity contribution in [2.45, 2.75) is 32.4 Å². The third-order valence-corrected chi connectivity index (χ3v) is 6.76. The van der Waals surface area contributed by atoms with Crippen molar-refractivity contribution < 1.29 is 9.90 Å². The van der Waals surface area contributed by atoms with Crippen molar-refractivity contribution in [2.75, 3.05) is 23.3 Å². The van der Waals surface area contributed by atoms with Crippen LogP contribution in [-0.2, 0) is 6.54 Å². The average molecular weight is 455 g/mol. The lowest BCUT2D eigenvalue weighted by Crippen LogP contribution is -2.35. The number of hydrogen-bond acceptors (Lipinski definition) is 6. The van der Waals surface area contributed by atoms with Gasteiger partial charge in [-0.15, -0.1) is 0 Å². The van der Waals surface area contributed by atoms with Crippen LogP contribution in [-0.4, -0.2) is 44.8 Å². The summed E-state index contributed by atoms with van der Waals surface area (Å²) in [5.41, 5.74) is 7.56. The van der Waals surface area contributed by atoms with Gasteiger partial charge in [-0.25, -0.2) is 9.50 Å². The van der Waals surface area contributed by atoms with E-state index in [4.69, 9.17) is 0 Å². The Morgan fingerprint density at radius 3 is 2.71 bits per heavy atom. The first-order valence-corrected chi connectivity index (χ1v) is 11.6. The molecule has 0 bridgehead atoms. The first-order chi connectivity index (χ1) is 16.6. The highest BCUT2D eigenvalue weighted by molar-refractivity contribution is 6.06. The summed E-state index contributed by atoms with van der Waals surface area (Å²) >= 11 is 0. The molecule has 0 spiro atoms. The Morgan fingerprint density at radius 1 is 1.06 bits per heavy atom. The zero-order chi connectivity index (χ0) is 23.2. The van der Waals surface area contributed by atoms with E-state index < -0.39 is 0 Å². The second-order valence-corrected chi connectivity index (χ2v) is 9.04. The molecule has 34 heavy (non-hydrogen) atoms. The molecule has 5 heterocycles. The molecule has 4 aromatic rings. The Morgan fingerprint density at radius 2 is 1.91 bits per heavy atom. The van der Waals surface area contributed by atoms with Gasteiger partial charge in [-0.1, -0.05) is 12.1 Å². The minimum atomic E-state index is -0.203. The van der Waals surface area contributed by atoms with Gasteiger partial charge in [0.25, 0.3) is 5.91 Å². The highest BCUT2D eigenvalue weighted by Crippen LogP contribution is 2.36. The van der Waals surface area contributed by atoms with Crippen molar-refractivity contribution in [2.24, 2.45) is 0 Å². The largest absolute Gasteiger partial charge is 0.393 e. The molecule has 1 aromatic carbocycles. The van der Waals surface area contributed by atoms with Crippen molar-refractivity contribution in [3.8, 4) is 11.1 Å². The third kappa shape index (κ3) is 3.56. The molecular formula is C26H26N6O2. The van der Waals surface area contributed by atoms with E-state index in [-0.39, 0.29) is 12.0 Å². The van der Waals surface area contributed by atoms with E-state index in [1.807, 2.05) is 54.3 Å². The number of amides is 1. The minimum absolute atomic E-state index is 0.0878. The number of benzene rings is 1. The monoisotopic (exact) mass is 454 g/mol. The van der Waals surface area contributed by atoms with Crippen molar-refractivity contribution in [3.63, 3.8) is 0 Å². The number of carbonyl (C=O) groups is 1. The van der Waals surface area contributed by atoms with Gasteiger partial charge < -0.3 is 20.6 Å². The summed E-state index contributed by atoms with van der Waals surface area (Å²) in [5, 5.41) is 20.6. The highest BCUT2D eigenvalue weighted by atomic mass is 16.3. The van der Waals surface area contributed by atoms with Gasteiger partial charge in [-0.2, -0.15) is 5.10 Å². The zero-order valence-corrected chi connectivity index (χ0v) is 19.0. The molecule has 3 N–H and O–H groups in total. The Kier molecular flexibility index (Phi) is 4.95. The average Bonchev–Trinajstić information content (AvgIpc) is 3.44. The summed E-state index contributed by atoms with van der Waals surface area (Å²) < 4.78 is 1.88. The van der Waals surface area contributed by atoms with Crippen LogP contribution >= 0.6 is 0 Å². The van der Waals surface area contributed by atoms with Crippen molar-refractivity contribution in [3.05, 3.63) is 71.7 Å². The molecule has 2 aliphatic heterocycles. The van der Waals surface area contributed by atoms with E-state index in [2.05, 4.69) is 37.7 Å². The maximum Gasteiger partial charge on any atom is 0.254 e. The van der Waals surface area contributed by atoms with Gasteiger partial charge in [0.05, 0.1) is 41.0 Å². The smallest absolute Gasteiger partial charge is 0.254 e. The standard InChI is InChI=1S/C26H26N6O2/c1-16-2-6-23-20(14-29-32(23)15-16)19-4-5-22(25-21(19)13-28-26(25)34)30-24-7-3-17(12-27-24)31-10-8-18(33)9-11-31/h2-7,12,14-15,18,33H,8-11,13H2,1H3,(H,27,30)(H,28,34). The topological polar surface area (TPSA) is 94.8 Å². The fourth-order valence-corrected chi connectivity index (χ4v) is 4.91. The molecule has 3 aromatic heterocycles. The fourth-order valence-electron chi connectivity index (χ4n) is 4.91. The summed E-state index contributed by atoms with van der Waals surface area (Å²) in [4.78, 5) is 19.6. The van der Waals surface area contributed by atoms with Crippen molar-refractivity contribution >= 4 is 28.6 Å². The summed E-state index contributed by atoms with van der Waals surface area (Å²) in [6.07, 6.45) is 7.06. The second-order valence-electron chi connectivity index (χ2n) is 9.04. The maximum absolute atomic E-state index is 12.8. The number of anilines is 3. The molecule has 1 amide bonds. The molecule has 6 rings (SSSR count). The Labute approximate surface area is 197 Å². The van der Waals surface area contributed by atoms with E-state index >= 15 is 0 Å². The van der Waals surface area contributed by atoms with Gasteiger partial charge in [0, 0.05) is 31.4 Å². The highest BCUT2D eigenvalue weighted by Gasteiger charge is 2.27. The number of nitrogens with zero attached hydrogens (tertiary/aromatic N) is 4. The molecule has 1 saturated heterocycles. The number of aliphatic hydroxyl groups excluding tert-OH is 1. The van der Waals surface area contributed by atoms with Gasteiger partial charge in [0.1, 0.15) is 5.82 Å². The van der Waals surface area contributed by atoms with Crippen LogP contribution in [0.4, 0.5) is 17.2 Å². The first kappa shape index (κ1) is 20.7. The molecule has 8 heteroatoms. The number of aryl methyl sites for hydroxylation is 1. The van der Waals surface area contributed by atoms with Crippen LogP contribution < -0.4 is 15.5 Å². The van der Waals surface area contributed by atoms with E-state index in [0.29, 0.717) is 17.9 Å². The summed E-state index contributed by atoms with van der Waals surface area (Å²) in [6.45, 7) is 4.18. The van der Waals surface area contributed by atoms with Gasteiger partial charge >= 0.3 is 0 Å². The Balaban J connectivity index is 1.31. The van der Waals surface area contributed by atoms with E-state index in [1.165, 1.54) is 0 Å². The van der Waals surface area contributed by atoms with Crippen molar-refractivity contribution in [1.82, 2.24) is 19.9 Å². The molecular weight excluding hydrogens is 428 g/mol. The number of aliphatic hydroxyl groups is 1. The number of pyridine rings is 2. The summed E-state index contributed by atoms with van der Waals surface area (Å²) in [6, 6.07) is 12.1. The van der Waals surface area contributed by atoms with Gasteiger partial charge in [0.2, 0.25) is 0 Å². The fraction of sp³-hybridized carbons (Fsp3) is 0.269. The van der Waals surface area contributed by atoms with E-state index in [1.54, 1.807) is 0 Å². The van der Waals surface area contributed by atoms with Crippen LogP contribution in [0, 0.1) is 6.92 Å². The lowest BCUT2D eigenvalue weighted by Gasteiger charge is -2.31. The Hall–Kier alpha value is -3.91. The zero-order valence-electron chi connectivity index (χ0n) is 19.0. The van der Waals surface area contributed by atoms with Crippen LogP contribution in [0.5, 0.6) is 0 Å². The molecule has 2 aliphatic rings. The number of carbonyl (C=O) groups excluding carboxylic acids is 1. The maximum atomic E-state index is 12.8. The molecule has 172 valence electrons. The van der Waals surface area contributed by atoms with Crippen LogP contribution in [0.2, 0.25) is 0 Å².